The van der Waals surface area contributed by atoms with Gasteiger partial charge in [0.25, 0.3) is 0 Å². The topological polar surface area (TPSA) is 40.6 Å². The maximum Gasteiger partial charge on any atom is 0.227 e. The molecule has 3 saturated heterocycles. The molecular formula is C26H36N2O2. The quantitative estimate of drug-likeness (QED) is 0.740. The molecule has 2 bridgehead atoms. The second kappa shape index (κ2) is 8.72. The van der Waals surface area contributed by atoms with Crippen LogP contribution in [0.15, 0.2) is 30.3 Å². The van der Waals surface area contributed by atoms with Gasteiger partial charge in [0.2, 0.25) is 11.8 Å². The van der Waals surface area contributed by atoms with Gasteiger partial charge in [0.1, 0.15) is 0 Å². The van der Waals surface area contributed by atoms with Gasteiger partial charge >= 0.3 is 0 Å². The van der Waals surface area contributed by atoms with Gasteiger partial charge in [0, 0.05) is 31.6 Å². The number of rotatable bonds is 4. The Balaban J connectivity index is 1.34. The lowest BCUT2D eigenvalue weighted by Gasteiger charge is -2.57. The van der Waals surface area contributed by atoms with Crippen molar-refractivity contribution in [1.82, 2.24) is 9.80 Å². The minimum atomic E-state index is 0.267. The molecule has 0 aromatic heterocycles. The molecule has 0 unspecified atom stereocenters. The third-order valence-corrected chi connectivity index (χ3v) is 8.35. The fraction of sp³-hybridized carbons (Fsp3) is 0.692. The molecule has 4 fully saturated rings. The van der Waals surface area contributed by atoms with Gasteiger partial charge in [-0.2, -0.15) is 0 Å². The maximum absolute atomic E-state index is 13.2. The third-order valence-electron chi connectivity index (χ3n) is 8.35. The molecule has 1 aliphatic carbocycles. The summed E-state index contributed by atoms with van der Waals surface area (Å²) in [6.07, 6.45) is 12.5. The Morgan fingerprint density at radius 2 is 1.70 bits per heavy atom. The molecule has 1 aromatic carbocycles. The SMILES string of the molecule is O=C(Cc1ccccc1)N1C[C@H]2C[C@@H](C1)[C@H](CC1CCCCC1)N1C(=O)CCC[C@@H]21. The summed E-state index contributed by atoms with van der Waals surface area (Å²) in [7, 11) is 0. The lowest BCUT2D eigenvalue weighted by molar-refractivity contribution is -0.157. The third kappa shape index (κ3) is 4.02. The minimum Gasteiger partial charge on any atom is -0.342 e. The largest absolute Gasteiger partial charge is 0.342 e. The van der Waals surface area contributed by atoms with Crippen LogP contribution < -0.4 is 0 Å². The zero-order valence-electron chi connectivity index (χ0n) is 18.2. The van der Waals surface area contributed by atoms with E-state index in [2.05, 4.69) is 21.9 Å². The summed E-state index contributed by atoms with van der Waals surface area (Å²) in [5.74, 6) is 2.36. The molecule has 1 saturated carbocycles. The first-order valence-corrected chi connectivity index (χ1v) is 12.3. The predicted molar refractivity (Wildman–Crippen MR) is 118 cm³/mol. The van der Waals surface area contributed by atoms with E-state index >= 15 is 0 Å². The molecule has 2 amide bonds. The lowest BCUT2D eigenvalue weighted by atomic mass is 9.69. The van der Waals surface area contributed by atoms with Crippen molar-refractivity contribution < 1.29 is 9.59 Å². The highest BCUT2D eigenvalue weighted by molar-refractivity contribution is 5.80. The van der Waals surface area contributed by atoms with Crippen LogP contribution in [0, 0.1) is 17.8 Å². The molecule has 30 heavy (non-hydrogen) atoms. The summed E-state index contributed by atoms with van der Waals surface area (Å²) in [6.45, 7) is 1.68. The summed E-state index contributed by atoms with van der Waals surface area (Å²) in [4.78, 5) is 30.7. The van der Waals surface area contributed by atoms with Crippen LogP contribution in [0.1, 0.15) is 69.8 Å². The summed E-state index contributed by atoms with van der Waals surface area (Å²) in [5.41, 5.74) is 1.10. The molecule has 4 heteroatoms. The lowest BCUT2D eigenvalue weighted by Crippen LogP contribution is -2.65. The van der Waals surface area contributed by atoms with Gasteiger partial charge in [-0.3, -0.25) is 9.59 Å². The first-order chi connectivity index (χ1) is 14.7. The summed E-state index contributed by atoms with van der Waals surface area (Å²) in [6, 6.07) is 10.9. The number of hydrogen-bond donors (Lipinski definition) is 0. The van der Waals surface area contributed by atoms with Crippen molar-refractivity contribution in [2.45, 2.75) is 82.7 Å². The molecular weight excluding hydrogens is 372 g/mol. The standard InChI is InChI=1S/C26H36N2O2/c29-25-13-7-12-23-21-16-22(24(28(23)25)14-19-8-3-1-4-9-19)18-27(17-21)26(30)15-20-10-5-2-6-11-20/h2,5-6,10-11,19,21-24H,1,3-4,7-9,12-18H2/t21-,22+,23+,24+/m1/s1. The van der Waals surface area contributed by atoms with E-state index in [4.69, 9.17) is 0 Å². The first-order valence-electron chi connectivity index (χ1n) is 12.3. The Bertz CT molecular complexity index is 758. The number of carbonyl (C=O) groups excluding carboxylic acids is 2. The Kier molecular flexibility index (Phi) is 5.84. The number of fused-ring (bicyclic) bond motifs is 4. The highest BCUT2D eigenvalue weighted by atomic mass is 16.2. The Labute approximate surface area is 181 Å². The van der Waals surface area contributed by atoms with Gasteiger partial charge in [-0.1, -0.05) is 62.4 Å². The van der Waals surface area contributed by atoms with Gasteiger partial charge in [-0.05, 0) is 49.0 Å². The number of hydrogen-bond acceptors (Lipinski definition) is 2. The van der Waals surface area contributed by atoms with Crippen LogP contribution in [-0.2, 0) is 16.0 Å². The summed E-state index contributed by atoms with van der Waals surface area (Å²) < 4.78 is 0. The van der Waals surface area contributed by atoms with E-state index in [-0.39, 0.29) is 5.91 Å². The number of piperidine rings is 3. The molecule has 4 atom stereocenters. The summed E-state index contributed by atoms with van der Waals surface area (Å²) >= 11 is 0. The molecule has 0 spiro atoms. The van der Waals surface area contributed by atoms with Gasteiger partial charge in [0.15, 0.2) is 0 Å². The van der Waals surface area contributed by atoms with Gasteiger partial charge in [-0.25, -0.2) is 0 Å². The van der Waals surface area contributed by atoms with Crippen LogP contribution in [0.2, 0.25) is 0 Å². The fourth-order valence-electron chi connectivity index (χ4n) is 6.93. The van der Waals surface area contributed by atoms with Crippen molar-refractivity contribution >= 4 is 11.8 Å². The average molecular weight is 409 g/mol. The van der Waals surface area contributed by atoms with Crippen LogP contribution in [0.25, 0.3) is 0 Å². The Morgan fingerprint density at radius 1 is 0.933 bits per heavy atom. The van der Waals surface area contributed by atoms with E-state index < -0.39 is 0 Å². The number of amides is 2. The number of carbonyl (C=O) groups is 2. The Hall–Kier alpha value is -1.84. The predicted octanol–water partition coefficient (Wildman–Crippen LogP) is 4.43. The molecule has 162 valence electrons. The molecule has 1 aromatic rings. The summed E-state index contributed by atoms with van der Waals surface area (Å²) in [5, 5.41) is 0. The van der Waals surface area contributed by atoms with Crippen molar-refractivity contribution in [2.24, 2.45) is 17.8 Å². The average Bonchev–Trinajstić information content (AvgIpc) is 2.78. The second-order valence-electron chi connectivity index (χ2n) is 10.3. The van der Waals surface area contributed by atoms with Crippen LogP contribution >= 0.6 is 0 Å². The normalized spacial score (nSPS) is 32.1. The number of likely N-dealkylation sites (tertiary alicyclic amines) is 1. The zero-order chi connectivity index (χ0) is 20.5. The smallest absolute Gasteiger partial charge is 0.227 e. The van der Waals surface area contributed by atoms with E-state index in [1.54, 1.807) is 0 Å². The van der Waals surface area contributed by atoms with Gasteiger partial charge in [-0.15, -0.1) is 0 Å². The minimum absolute atomic E-state index is 0.267. The highest BCUT2D eigenvalue weighted by Gasteiger charge is 2.50. The highest BCUT2D eigenvalue weighted by Crippen LogP contribution is 2.44. The molecule has 0 radical (unpaired) electrons. The van der Waals surface area contributed by atoms with Crippen LogP contribution in [0.4, 0.5) is 0 Å². The second-order valence-corrected chi connectivity index (χ2v) is 10.3. The molecule has 0 N–H and O–H groups in total. The molecule has 3 aliphatic heterocycles. The van der Waals surface area contributed by atoms with Crippen LogP contribution in [0.5, 0.6) is 0 Å². The van der Waals surface area contributed by atoms with Crippen LogP contribution in [0.3, 0.4) is 0 Å². The monoisotopic (exact) mass is 408 g/mol. The van der Waals surface area contributed by atoms with E-state index in [0.29, 0.717) is 36.2 Å². The number of benzene rings is 1. The fourth-order valence-corrected chi connectivity index (χ4v) is 6.93. The van der Waals surface area contributed by atoms with E-state index in [1.165, 1.54) is 44.9 Å². The first kappa shape index (κ1) is 20.1. The van der Waals surface area contributed by atoms with Crippen molar-refractivity contribution in [2.75, 3.05) is 13.1 Å². The van der Waals surface area contributed by atoms with Crippen molar-refractivity contribution in [1.29, 1.82) is 0 Å². The van der Waals surface area contributed by atoms with Crippen molar-refractivity contribution in [3.63, 3.8) is 0 Å². The Morgan fingerprint density at radius 3 is 2.50 bits per heavy atom. The van der Waals surface area contributed by atoms with E-state index in [0.717, 1.165) is 43.8 Å². The van der Waals surface area contributed by atoms with Gasteiger partial charge < -0.3 is 9.80 Å². The van der Waals surface area contributed by atoms with Crippen LogP contribution in [-0.4, -0.2) is 46.8 Å². The van der Waals surface area contributed by atoms with Crippen molar-refractivity contribution in [3.8, 4) is 0 Å². The molecule has 5 rings (SSSR count). The maximum atomic E-state index is 13.2. The van der Waals surface area contributed by atoms with E-state index in [1.807, 2.05) is 18.2 Å². The molecule has 3 heterocycles. The van der Waals surface area contributed by atoms with E-state index in [9.17, 15) is 9.59 Å². The van der Waals surface area contributed by atoms with Crippen molar-refractivity contribution in [3.05, 3.63) is 35.9 Å². The zero-order valence-corrected chi connectivity index (χ0v) is 18.2. The molecule has 4 nitrogen and oxygen atoms in total. The molecule has 4 aliphatic rings. The van der Waals surface area contributed by atoms with Gasteiger partial charge in [0.05, 0.1) is 6.42 Å². The number of nitrogens with zero attached hydrogens (tertiary/aromatic N) is 2.